The van der Waals surface area contributed by atoms with E-state index < -0.39 is 6.10 Å². The fraction of sp³-hybridized carbons (Fsp3) is 0.500. The topological polar surface area (TPSA) is 46.2 Å². The van der Waals surface area contributed by atoms with E-state index in [1.54, 1.807) is 0 Å². The number of thioether (sulfide) groups is 1. The standard InChI is InChI=1S/C12H17NOS/c1-8-3-2-4-10-9(11(14)7-13)5-6-15-12(8)10/h2-4,9,11,14H,5-7,13H2,1H3. The summed E-state index contributed by atoms with van der Waals surface area (Å²) in [5.74, 6) is 1.31. The Labute approximate surface area is 94.9 Å². The van der Waals surface area contributed by atoms with Crippen LogP contribution in [0.2, 0.25) is 0 Å². The van der Waals surface area contributed by atoms with E-state index in [1.165, 1.54) is 16.0 Å². The Morgan fingerprint density at radius 2 is 2.40 bits per heavy atom. The molecule has 0 saturated heterocycles. The maximum absolute atomic E-state index is 9.89. The van der Waals surface area contributed by atoms with Gasteiger partial charge < -0.3 is 10.8 Å². The number of aliphatic hydroxyl groups is 1. The molecule has 1 aliphatic rings. The number of nitrogens with two attached hydrogens (primary N) is 1. The van der Waals surface area contributed by atoms with Crippen molar-refractivity contribution in [1.82, 2.24) is 0 Å². The number of fused-ring (bicyclic) bond motifs is 1. The molecule has 15 heavy (non-hydrogen) atoms. The highest BCUT2D eigenvalue weighted by Crippen LogP contribution is 2.40. The molecule has 82 valence electrons. The molecule has 1 aliphatic heterocycles. The molecule has 1 heterocycles. The number of hydrogen-bond acceptors (Lipinski definition) is 3. The second-order valence-corrected chi connectivity index (χ2v) is 5.15. The van der Waals surface area contributed by atoms with Crippen molar-refractivity contribution in [1.29, 1.82) is 0 Å². The van der Waals surface area contributed by atoms with Crippen LogP contribution in [-0.4, -0.2) is 23.5 Å². The molecule has 3 N–H and O–H groups in total. The zero-order chi connectivity index (χ0) is 10.8. The van der Waals surface area contributed by atoms with Crippen molar-refractivity contribution in [3.05, 3.63) is 29.3 Å². The number of benzene rings is 1. The first-order valence-corrected chi connectivity index (χ1v) is 6.33. The molecule has 0 amide bonds. The summed E-state index contributed by atoms with van der Waals surface area (Å²) in [6.07, 6.45) is 0.630. The Hall–Kier alpha value is -0.510. The van der Waals surface area contributed by atoms with Gasteiger partial charge >= 0.3 is 0 Å². The second-order valence-electron chi connectivity index (χ2n) is 4.04. The van der Waals surface area contributed by atoms with Gasteiger partial charge in [0.2, 0.25) is 0 Å². The third-order valence-electron chi connectivity index (χ3n) is 3.02. The van der Waals surface area contributed by atoms with Crippen LogP contribution in [0.25, 0.3) is 0 Å². The molecule has 1 aromatic rings. The number of aliphatic hydroxyl groups excluding tert-OH is 1. The molecule has 0 spiro atoms. The smallest absolute Gasteiger partial charge is 0.0731 e. The van der Waals surface area contributed by atoms with Gasteiger partial charge in [-0.3, -0.25) is 0 Å². The minimum atomic E-state index is -0.397. The van der Waals surface area contributed by atoms with E-state index in [9.17, 15) is 5.11 Å². The molecule has 1 aromatic carbocycles. The maximum atomic E-state index is 9.89. The molecule has 0 aromatic heterocycles. The van der Waals surface area contributed by atoms with Crippen molar-refractivity contribution >= 4 is 11.8 Å². The van der Waals surface area contributed by atoms with Crippen LogP contribution in [0.3, 0.4) is 0 Å². The molecule has 0 fully saturated rings. The largest absolute Gasteiger partial charge is 0.391 e. The molecule has 0 saturated carbocycles. The molecule has 0 aliphatic carbocycles. The highest BCUT2D eigenvalue weighted by Gasteiger charge is 2.26. The Balaban J connectivity index is 2.38. The summed E-state index contributed by atoms with van der Waals surface area (Å²) in [5.41, 5.74) is 8.13. The minimum Gasteiger partial charge on any atom is -0.391 e. The van der Waals surface area contributed by atoms with Crippen LogP contribution in [0.1, 0.15) is 23.5 Å². The Morgan fingerprint density at radius 1 is 1.60 bits per heavy atom. The molecule has 3 heteroatoms. The van der Waals surface area contributed by atoms with Gasteiger partial charge in [-0.2, -0.15) is 0 Å². The highest BCUT2D eigenvalue weighted by atomic mass is 32.2. The number of aryl methyl sites for hydroxylation is 1. The number of rotatable bonds is 2. The summed E-state index contributed by atoms with van der Waals surface area (Å²) in [6, 6.07) is 6.32. The highest BCUT2D eigenvalue weighted by molar-refractivity contribution is 7.99. The zero-order valence-electron chi connectivity index (χ0n) is 8.94. The predicted octanol–water partition coefficient (Wildman–Crippen LogP) is 1.89. The molecule has 2 unspecified atom stereocenters. The van der Waals surface area contributed by atoms with Gasteiger partial charge in [-0.05, 0) is 30.2 Å². The minimum absolute atomic E-state index is 0.228. The van der Waals surface area contributed by atoms with Crippen LogP contribution in [0, 0.1) is 6.92 Å². The van der Waals surface area contributed by atoms with Gasteiger partial charge in [0.25, 0.3) is 0 Å². The van der Waals surface area contributed by atoms with Crippen molar-refractivity contribution in [3.8, 4) is 0 Å². The third kappa shape index (κ3) is 2.05. The molecule has 0 bridgehead atoms. The summed E-state index contributed by atoms with van der Waals surface area (Å²) in [6.45, 7) is 2.48. The van der Waals surface area contributed by atoms with E-state index in [0.29, 0.717) is 6.54 Å². The van der Waals surface area contributed by atoms with Gasteiger partial charge in [0.15, 0.2) is 0 Å². The molecule has 2 rings (SSSR count). The summed E-state index contributed by atoms with van der Waals surface area (Å²) in [5, 5.41) is 9.89. The SMILES string of the molecule is Cc1cccc2c1SCCC2C(O)CN. The lowest BCUT2D eigenvalue weighted by atomic mass is 9.89. The summed E-state index contributed by atoms with van der Waals surface area (Å²) < 4.78 is 0. The monoisotopic (exact) mass is 223 g/mol. The van der Waals surface area contributed by atoms with E-state index in [4.69, 9.17) is 5.73 Å². The zero-order valence-corrected chi connectivity index (χ0v) is 9.76. The van der Waals surface area contributed by atoms with Crippen molar-refractivity contribution in [2.45, 2.75) is 30.3 Å². The van der Waals surface area contributed by atoms with Crippen molar-refractivity contribution < 1.29 is 5.11 Å². The summed E-state index contributed by atoms with van der Waals surface area (Å²) in [7, 11) is 0. The van der Waals surface area contributed by atoms with Gasteiger partial charge in [0, 0.05) is 17.4 Å². The van der Waals surface area contributed by atoms with Crippen molar-refractivity contribution in [3.63, 3.8) is 0 Å². The van der Waals surface area contributed by atoms with Crippen molar-refractivity contribution in [2.24, 2.45) is 5.73 Å². The fourth-order valence-corrected chi connectivity index (χ4v) is 3.43. The Kier molecular flexibility index (Phi) is 3.34. The molecule has 0 radical (unpaired) electrons. The average molecular weight is 223 g/mol. The van der Waals surface area contributed by atoms with Crippen molar-refractivity contribution in [2.75, 3.05) is 12.3 Å². The normalized spacial score (nSPS) is 22.2. The van der Waals surface area contributed by atoms with Crippen LogP contribution >= 0.6 is 11.8 Å². The van der Waals surface area contributed by atoms with Crippen LogP contribution in [-0.2, 0) is 0 Å². The fourth-order valence-electron chi connectivity index (χ4n) is 2.17. The number of hydrogen-bond donors (Lipinski definition) is 2. The van der Waals surface area contributed by atoms with Crippen LogP contribution < -0.4 is 5.73 Å². The Morgan fingerprint density at radius 3 is 3.13 bits per heavy atom. The summed E-state index contributed by atoms with van der Waals surface area (Å²) >= 11 is 1.90. The van der Waals surface area contributed by atoms with Crippen LogP contribution in [0.15, 0.2) is 23.1 Å². The average Bonchev–Trinajstić information content (AvgIpc) is 2.28. The predicted molar refractivity (Wildman–Crippen MR) is 64.3 cm³/mol. The first-order chi connectivity index (χ1) is 7.24. The van der Waals surface area contributed by atoms with Crippen LogP contribution in [0.4, 0.5) is 0 Å². The lowest BCUT2D eigenvalue weighted by Gasteiger charge is -2.29. The van der Waals surface area contributed by atoms with Gasteiger partial charge in [0.1, 0.15) is 0 Å². The maximum Gasteiger partial charge on any atom is 0.0731 e. The molecular weight excluding hydrogens is 206 g/mol. The van der Waals surface area contributed by atoms with E-state index in [2.05, 4.69) is 25.1 Å². The first kappa shape index (κ1) is 11.0. The van der Waals surface area contributed by atoms with E-state index in [-0.39, 0.29) is 5.92 Å². The van der Waals surface area contributed by atoms with E-state index in [1.807, 2.05) is 11.8 Å². The van der Waals surface area contributed by atoms with E-state index in [0.717, 1.165) is 12.2 Å². The lowest BCUT2D eigenvalue weighted by molar-refractivity contribution is 0.147. The third-order valence-corrected chi connectivity index (χ3v) is 4.31. The van der Waals surface area contributed by atoms with Gasteiger partial charge in [0.05, 0.1) is 6.10 Å². The Bertz CT molecular complexity index is 353. The van der Waals surface area contributed by atoms with Gasteiger partial charge in [-0.15, -0.1) is 11.8 Å². The molecular formula is C12H17NOS. The first-order valence-electron chi connectivity index (χ1n) is 5.34. The van der Waals surface area contributed by atoms with Crippen LogP contribution in [0.5, 0.6) is 0 Å². The van der Waals surface area contributed by atoms with Gasteiger partial charge in [-0.25, -0.2) is 0 Å². The second kappa shape index (κ2) is 4.56. The molecule has 2 nitrogen and oxygen atoms in total. The summed E-state index contributed by atoms with van der Waals surface area (Å²) in [4.78, 5) is 1.35. The molecule has 2 atom stereocenters. The lowest BCUT2D eigenvalue weighted by Crippen LogP contribution is -2.29. The quantitative estimate of drug-likeness (QED) is 0.805. The van der Waals surface area contributed by atoms with E-state index >= 15 is 0 Å². The van der Waals surface area contributed by atoms with Gasteiger partial charge in [-0.1, -0.05) is 18.2 Å².